The van der Waals surface area contributed by atoms with E-state index in [0.717, 1.165) is 42.8 Å². The molecule has 1 atom stereocenters. The van der Waals surface area contributed by atoms with Crippen molar-refractivity contribution in [1.82, 2.24) is 15.5 Å². The molecule has 1 saturated heterocycles. The number of nitrogens with zero attached hydrogens (tertiary/aromatic N) is 2. The van der Waals surface area contributed by atoms with E-state index < -0.39 is 0 Å². The lowest BCUT2D eigenvalue weighted by molar-refractivity contribution is 0.187. The minimum absolute atomic E-state index is 0.646. The first kappa shape index (κ1) is 18.6. The average Bonchev–Trinajstić information content (AvgIpc) is 2.60. The Labute approximate surface area is 146 Å². The molecule has 0 spiro atoms. The number of methoxy groups -OCH3 is 1. The predicted molar refractivity (Wildman–Crippen MR) is 101 cm³/mol. The van der Waals surface area contributed by atoms with Crippen molar-refractivity contribution in [2.45, 2.75) is 33.2 Å². The Kier molecular flexibility index (Phi) is 7.89. The average molecular weight is 332 g/mol. The van der Waals surface area contributed by atoms with Crippen molar-refractivity contribution in [3.8, 4) is 5.75 Å². The fourth-order valence-electron chi connectivity index (χ4n) is 3.11. The number of hydrogen-bond donors (Lipinski definition) is 2. The second-order valence-electron chi connectivity index (χ2n) is 6.52. The zero-order chi connectivity index (χ0) is 17.2. The van der Waals surface area contributed by atoms with Crippen LogP contribution in [0.25, 0.3) is 0 Å². The van der Waals surface area contributed by atoms with Crippen LogP contribution in [0, 0.1) is 5.92 Å². The summed E-state index contributed by atoms with van der Waals surface area (Å²) < 4.78 is 5.26. The molecule has 2 N–H and O–H groups in total. The normalized spacial score (nSPS) is 19.1. The summed E-state index contributed by atoms with van der Waals surface area (Å²) in [4.78, 5) is 7.23. The van der Waals surface area contributed by atoms with E-state index in [1.54, 1.807) is 7.11 Å². The van der Waals surface area contributed by atoms with Crippen LogP contribution >= 0.6 is 0 Å². The number of hydrogen-bond acceptors (Lipinski definition) is 3. The first-order chi connectivity index (χ1) is 11.7. The maximum absolute atomic E-state index is 5.26. The molecule has 0 amide bonds. The third kappa shape index (κ3) is 6.40. The van der Waals surface area contributed by atoms with E-state index in [-0.39, 0.29) is 0 Å². The van der Waals surface area contributed by atoms with Crippen LogP contribution in [-0.2, 0) is 6.54 Å². The van der Waals surface area contributed by atoms with Gasteiger partial charge in [-0.2, -0.15) is 0 Å². The van der Waals surface area contributed by atoms with Gasteiger partial charge in [-0.25, -0.2) is 4.99 Å². The van der Waals surface area contributed by atoms with E-state index in [4.69, 9.17) is 4.74 Å². The smallest absolute Gasteiger partial charge is 0.191 e. The van der Waals surface area contributed by atoms with Gasteiger partial charge in [-0.3, -0.25) is 0 Å². The fourth-order valence-corrected chi connectivity index (χ4v) is 3.11. The number of benzene rings is 1. The molecule has 0 aliphatic carbocycles. The van der Waals surface area contributed by atoms with Gasteiger partial charge in [0.25, 0.3) is 0 Å². The summed E-state index contributed by atoms with van der Waals surface area (Å²) >= 11 is 0. The van der Waals surface area contributed by atoms with Crippen molar-refractivity contribution < 1.29 is 4.74 Å². The maximum Gasteiger partial charge on any atom is 0.191 e. The highest BCUT2D eigenvalue weighted by Gasteiger charge is 2.15. The highest BCUT2D eigenvalue weighted by atomic mass is 16.5. The number of aliphatic imine (C=N–C) groups is 1. The maximum atomic E-state index is 5.26. The third-order valence-electron chi connectivity index (χ3n) is 4.36. The van der Waals surface area contributed by atoms with Crippen molar-refractivity contribution in [2.24, 2.45) is 10.9 Å². The van der Waals surface area contributed by atoms with Gasteiger partial charge < -0.3 is 20.3 Å². The highest BCUT2D eigenvalue weighted by molar-refractivity contribution is 5.79. The van der Waals surface area contributed by atoms with Crippen molar-refractivity contribution in [3.05, 3.63) is 29.8 Å². The molecule has 1 unspecified atom stereocenters. The quantitative estimate of drug-likeness (QED) is 0.595. The Morgan fingerprint density at radius 1 is 1.38 bits per heavy atom. The zero-order valence-electron chi connectivity index (χ0n) is 15.3. The molecule has 1 fully saturated rings. The van der Waals surface area contributed by atoms with E-state index in [9.17, 15) is 0 Å². The number of guanidine groups is 1. The Hall–Kier alpha value is -1.75. The number of ether oxygens (including phenoxy) is 1. The van der Waals surface area contributed by atoms with Crippen LogP contribution < -0.4 is 15.4 Å². The summed E-state index contributed by atoms with van der Waals surface area (Å²) in [6.07, 6.45) is 2.69. The van der Waals surface area contributed by atoms with E-state index in [0.29, 0.717) is 6.54 Å². The Balaban J connectivity index is 1.81. The summed E-state index contributed by atoms with van der Waals surface area (Å²) in [7, 11) is 1.69. The molecule has 0 radical (unpaired) electrons. The summed E-state index contributed by atoms with van der Waals surface area (Å²) in [6, 6.07) is 8.06. The second kappa shape index (κ2) is 10.2. The monoisotopic (exact) mass is 332 g/mol. The highest BCUT2D eigenvalue weighted by Crippen LogP contribution is 2.14. The molecule has 134 valence electrons. The van der Waals surface area contributed by atoms with E-state index >= 15 is 0 Å². The van der Waals surface area contributed by atoms with E-state index in [1.165, 1.54) is 25.9 Å². The summed E-state index contributed by atoms with van der Waals surface area (Å²) in [5.74, 6) is 2.58. The molecule has 1 aliphatic heterocycles. The molecule has 2 rings (SSSR count). The molecule has 1 aliphatic rings. The number of likely N-dealkylation sites (tertiary alicyclic amines) is 1. The molecule has 5 heteroatoms. The predicted octanol–water partition coefficient (Wildman–Crippen LogP) is 2.48. The summed E-state index contributed by atoms with van der Waals surface area (Å²) in [5.41, 5.74) is 1.15. The van der Waals surface area contributed by atoms with Gasteiger partial charge in [0.1, 0.15) is 5.75 Å². The number of piperidine rings is 1. The Morgan fingerprint density at radius 2 is 2.25 bits per heavy atom. The lowest BCUT2D eigenvalue weighted by atomic mass is 10.0. The van der Waals surface area contributed by atoms with Crippen LogP contribution in [0.5, 0.6) is 5.75 Å². The molecule has 1 heterocycles. The van der Waals surface area contributed by atoms with Gasteiger partial charge in [0.05, 0.1) is 13.7 Å². The van der Waals surface area contributed by atoms with Crippen LogP contribution in [0.1, 0.15) is 32.3 Å². The first-order valence-corrected chi connectivity index (χ1v) is 9.08. The molecule has 5 nitrogen and oxygen atoms in total. The Bertz CT molecular complexity index is 518. The van der Waals surface area contributed by atoms with Gasteiger partial charge in [0, 0.05) is 26.2 Å². The molecular weight excluding hydrogens is 300 g/mol. The molecule has 24 heavy (non-hydrogen) atoms. The topological polar surface area (TPSA) is 48.9 Å². The van der Waals surface area contributed by atoms with Gasteiger partial charge in [0.15, 0.2) is 5.96 Å². The number of rotatable bonds is 7. The molecule has 0 saturated carbocycles. The largest absolute Gasteiger partial charge is 0.497 e. The first-order valence-electron chi connectivity index (χ1n) is 9.08. The van der Waals surface area contributed by atoms with Gasteiger partial charge in [-0.1, -0.05) is 19.1 Å². The van der Waals surface area contributed by atoms with Crippen molar-refractivity contribution >= 4 is 5.96 Å². The summed E-state index contributed by atoms with van der Waals surface area (Å²) in [6.45, 7) is 10.4. The van der Waals surface area contributed by atoms with Crippen molar-refractivity contribution in [1.29, 1.82) is 0 Å². The number of nitrogens with one attached hydrogen (secondary N) is 2. The standard InChI is InChI=1S/C19H32N4O/c1-4-20-19(21-10-12-23-11-6-7-16(2)15-23)22-14-17-8-5-9-18(13-17)24-3/h5,8-9,13,16H,4,6-7,10-12,14-15H2,1-3H3,(H2,20,21,22). The lowest BCUT2D eigenvalue weighted by Crippen LogP contribution is -2.43. The van der Waals surface area contributed by atoms with Crippen LogP contribution in [0.3, 0.4) is 0 Å². The van der Waals surface area contributed by atoms with Crippen LogP contribution in [-0.4, -0.2) is 50.7 Å². The van der Waals surface area contributed by atoms with Crippen LogP contribution in [0.2, 0.25) is 0 Å². The zero-order valence-corrected chi connectivity index (χ0v) is 15.3. The van der Waals surface area contributed by atoms with Crippen molar-refractivity contribution in [2.75, 3.05) is 39.8 Å². The third-order valence-corrected chi connectivity index (χ3v) is 4.36. The minimum Gasteiger partial charge on any atom is -0.497 e. The molecular formula is C19H32N4O. The molecule has 1 aromatic carbocycles. The van der Waals surface area contributed by atoms with Crippen molar-refractivity contribution in [3.63, 3.8) is 0 Å². The van der Waals surface area contributed by atoms with E-state index in [1.807, 2.05) is 18.2 Å². The van der Waals surface area contributed by atoms with Gasteiger partial charge in [-0.05, 0) is 49.9 Å². The Morgan fingerprint density at radius 3 is 3.00 bits per heavy atom. The fraction of sp³-hybridized carbons (Fsp3) is 0.632. The molecule has 0 aromatic heterocycles. The van der Waals surface area contributed by atoms with Crippen LogP contribution in [0.4, 0.5) is 0 Å². The molecule has 0 bridgehead atoms. The summed E-state index contributed by atoms with van der Waals surface area (Å²) in [5, 5.41) is 6.76. The lowest BCUT2D eigenvalue weighted by Gasteiger charge is -2.30. The van der Waals surface area contributed by atoms with Crippen LogP contribution in [0.15, 0.2) is 29.3 Å². The minimum atomic E-state index is 0.646. The second-order valence-corrected chi connectivity index (χ2v) is 6.52. The van der Waals surface area contributed by atoms with Gasteiger partial charge in [-0.15, -0.1) is 0 Å². The molecule has 1 aromatic rings. The SMILES string of the molecule is CCNC(=NCc1cccc(OC)c1)NCCN1CCCC(C)C1. The van der Waals surface area contributed by atoms with E-state index in [2.05, 4.69) is 40.4 Å². The van der Waals surface area contributed by atoms with Gasteiger partial charge in [0.2, 0.25) is 0 Å². The van der Waals surface area contributed by atoms with Gasteiger partial charge >= 0.3 is 0 Å².